The summed E-state index contributed by atoms with van der Waals surface area (Å²) in [6, 6.07) is 9.47. The average Bonchev–Trinajstić information content (AvgIpc) is 2.54. The molecule has 2 aromatic rings. The summed E-state index contributed by atoms with van der Waals surface area (Å²) in [5, 5.41) is 0. The molecule has 0 unspecified atom stereocenters. The highest BCUT2D eigenvalue weighted by molar-refractivity contribution is 7.88. The molecule has 2 aromatic carbocycles. The molecule has 0 amide bonds. The molecule has 0 aromatic heterocycles. The maximum atomic E-state index is 12.5. The van der Waals surface area contributed by atoms with Crippen molar-refractivity contribution >= 4 is 16.1 Å². The van der Waals surface area contributed by atoms with Gasteiger partial charge in [-0.2, -0.15) is 21.6 Å². The van der Waals surface area contributed by atoms with Crippen molar-refractivity contribution in [2.75, 3.05) is 7.11 Å². The largest absolute Gasteiger partial charge is 0.534 e. The van der Waals surface area contributed by atoms with Gasteiger partial charge in [0, 0.05) is 0 Å². The smallest absolute Gasteiger partial charge is 0.469 e. The zero-order valence-electron chi connectivity index (χ0n) is 14.8. The van der Waals surface area contributed by atoms with Crippen molar-refractivity contribution in [3.63, 3.8) is 0 Å². The lowest BCUT2D eigenvalue weighted by Crippen LogP contribution is -2.28. The first kappa shape index (κ1) is 20.8. The first-order valence-corrected chi connectivity index (χ1v) is 9.13. The molecule has 0 aliphatic heterocycles. The lowest BCUT2D eigenvalue weighted by atomic mass is 9.94. The number of carbonyl (C=O) groups excluding carboxylic acids is 1. The molecule has 0 heterocycles. The lowest BCUT2D eigenvalue weighted by molar-refractivity contribution is -0.139. The molecule has 0 N–H and O–H groups in total. The maximum absolute atomic E-state index is 12.5. The van der Waals surface area contributed by atoms with Crippen LogP contribution in [0, 0.1) is 13.8 Å². The fourth-order valence-corrected chi connectivity index (χ4v) is 3.07. The molecule has 0 radical (unpaired) electrons. The first-order valence-electron chi connectivity index (χ1n) is 7.72. The highest BCUT2D eigenvalue weighted by Gasteiger charge is 2.48. The molecule has 146 valence electrons. The number of alkyl halides is 3. The quantitative estimate of drug-likeness (QED) is 0.431. The number of aryl methyl sites for hydroxylation is 2. The Bertz CT molecular complexity index is 925. The van der Waals surface area contributed by atoms with Crippen LogP contribution in [0.4, 0.5) is 13.2 Å². The summed E-state index contributed by atoms with van der Waals surface area (Å²) in [7, 11) is -4.43. The molecule has 27 heavy (non-hydrogen) atoms. The van der Waals surface area contributed by atoms with Crippen molar-refractivity contribution in [2.24, 2.45) is 0 Å². The Balaban J connectivity index is 2.33. The Morgan fingerprint density at radius 2 is 1.56 bits per heavy atom. The summed E-state index contributed by atoms with van der Waals surface area (Å²) in [6.45, 7) is 3.27. The molecule has 0 aliphatic carbocycles. The van der Waals surface area contributed by atoms with Gasteiger partial charge in [-0.1, -0.05) is 24.3 Å². The van der Waals surface area contributed by atoms with Crippen LogP contribution < -0.4 is 4.18 Å². The number of benzene rings is 2. The molecule has 5 nitrogen and oxygen atoms in total. The van der Waals surface area contributed by atoms with Gasteiger partial charge in [0.2, 0.25) is 0 Å². The van der Waals surface area contributed by atoms with Gasteiger partial charge in [0.25, 0.3) is 0 Å². The normalized spacial score (nSPS) is 11.9. The molecule has 0 fully saturated rings. The van der Waals surface area contributed by atoms with Crippen LogP contribution in [-0.2, 0) is 26.1 Å². The number of hydrogen-bond acceptors (Lipinski definition) is 5. The molecule has 0 saturated carbocycles. The molecule has 0 aliphatic rings. The second-order valence-electron chi connectivity index (χ2n) is 5.87. The SMILES string of the molecule is COC(=O)Cc1ccc(-c2c(C)cc(OS(=O)(=O)C(F)(F)F)cc2C)cc1. The minimum atomic E-state index is -5.73. The van der Waals surface area contributed by atoms with Gasteiger partial charge < -0.3 is 8.92 Å². The van der Waals surface area contributed by atoms with Crippen molar-refractivity contribution in [2.45, 2.75) is 25.8 Å². The van der Waals surface area contributed by atoms with Crippen LogP contribution in [0.1, 0.15) is 16.7 Å². The van der Waals surface area contributed by atoms with Crippen molar-refractivity contribution in [3.05, 3.63) is 53.1 Å². The van der Waals surface area contributed by atoms with E-state index in [2.05, 4.69) is 8.92 Å². The third-order valence-electron chi connectivity index (χ3n) is 3.81. The van der Waals surface area contributed by atoms with Crippen LogP contribution in [0.2, 0.25) is 0 Å². The summed E-state index contributed by atoms with van der Waals surface area (Å²) in [6.07, 6.45) is 0.122. The summed E-state index contributed by atoms with van der Waals surface area (Å²) in [5.74, 6) is -0.782. The molecular weight excluding hydrogens is 385 g/mol. The van der Waals surface area contributed by atoms with E-state index < -0.39 is 21.4 Å². The maximum Gasteiger partial charge on any atom is 0.534 e. The number of ether oxygens (including phenoxy) is 1. The average molecular weight is 402 g/mol. The van der Waals surface area contributed by atoms with Crippen molar-refractivity contribution in [1.29, 1.82) is 0 Å². The van der Waals surface area contributed by atoms with E-state index in [9.17, 15) is 26.4 Å². The summed E-state index contributed by atoms with van der Waals surface area (Å²) < 4.78 is 68.5. The number of halogens is 3. The van der Waals surface area contributed by atoms with Gasteiger partial charge in [-0.05, 0) is 53.8 Å². The van der Waals surface area contributed by atoms with E-state index in [1.54, 1.807) is 38.1 Å². The topological polar surface area (TPSA) is 69.7 Å². The highest BCUT2D eigenvalue weighted by Crippen LogP contribution is 2.33. The van der Waals surface area contributed by atoms with E-state index >= 15 is 0 Å². The van der Waals surface area contributed by atoms with E-state index in [1.165, 1.54) is 19.2 Å². The van der Waals surface area contributed by atoms with Crippen molar-refractivity contribution < 1.29 is 35.3 Å². The Labute approximate surface area is 154 Å². The van der Waals surface area contributed by atoms with Crippen LogP contribution in [0.5, 0.6) is 5.75 Å². The number of methoxy groups -OCH3 is 1. The van der Waals surface area contributed by atoms with Crippen LogP contribution in [-0.4, -0.2) is 27.0 Å². The molecule has 0 atom stereocenters. The Kier molecular flexibility index (Phi) is 5.84. The van der Waals surface area contributed by atoms with Gasteiger partial charge in [-0.3, -0.25) is 4.79 Å². The molecular formula is C18H17F3O5S. The second-order valence-corrected chi connectivity index (χ2v) is 7.40. The number of rotatable bonds is 5. The fraction of sp³-hybridized carbons (Fsp3) is 0.278. The molecule has 0 bridgehead atoms. The Morgan fingerprint density at radius 1 is 1.04 bits per heavy atom. The van der Waals surface area contributed by atoms with Gasteiger partial charge in [-0.25, -0.2) is 0 Å². The van der Waals surface area contributed by atoms with Gasteiger partial charge in [0.1, 0.15) is 5.75 Å². The standard InChI is InChI=1S/C18H17F3O5S/c1-11-8-15(26-27(23,24)18(19,20)21)9-12(2)17(11)14-6-4-13(5-7-14)10-16(22)25-3/h4-9H,10H2,1-3H3. The van der Waals surface area contributed by atoms with E-state index in [0.29, 0.717) is 11.1 Å². The van der Waals surface area contributed by atoms with Gasteiger partial charge in [0.15, 0.2) is 0 Å². The summed E-state index contributed by atoms with van der Waals surface area (Å²) in [4.78, 5) is 11.3. The summed E-state index contributed by atoms with van der Waals surface area (Å²) >= 11 is 0. The monoisotopic (exact) mass is 402 g/mol. The van der Waals surface area contributed by atoms with Crippen LogP contribution in [0.15, 0.2) is 36.4 Å². The molecule has 2 rings (SSSR count). The van der Waals surface area contributed by atoms with Crippen molar-refractivity contribution in [1.82, 2.24) is 0 Å². The summed E-state index contributed by atoms with van der Waals surface area (Å²) in [5.41, 5.74) is -2.16. The van der Waals surface area contributed by atoms with Crippen molar-refractivity contribution in [3.8, 4) is 16.9 Å². The number of carbonyl (C=O) groups is 1. The van der Waals surface area contributed by atoms with Gasteiger partial charge in [0.05, 0.1) is 13.5 Å². The van der Waals surface area contributed by atoms with Gasteiger partial charge in [-0.15, -0.1) is 0 Å². The minimum Gasteiger partial charge on any atom is -0.469 e. The second kappa shape index (κ2) is 7.59. The first-order chi connectivity index (χ1) is 12.4. The van der Waals surface area contributed by atoms with Crippen LogP contribution in [0.25, 0.3) is 11.1 Å². The molecule has 9 heteroatoms. The third-order valence-corrected chi connectivity index (χ3v) is 4.79. The highest BCUT2D eigenvalue weighted by atomic mass is 32.2. The Morgan fingerprint density at radius 3 is 2.00 bits per heavy atom. The third kappa shape index (κ3) is 4.79. The minimum absolute atomic E-state index is 0.122. The van der Waals surface area contributed by atoms with E-state index in [0.717, 1.165) is 16.7 Å². The molecule has 0 saturated heterocycles. The van der Waals surface area contributed by atoms with E-state index in [4.69, 9.17) is 0 Å². The predicted octanol–water partition coefficient (Wildman–Crippen LogP) is 3.91. The van der Waals surface area contributed by atoms with E-state index in [1.807, 2.05) is 0 Å². The lowest BCUT2D eigenvalue weighted by Gasteiger charge is -2.15. The van der Waals surface area contributed by atoms with E-state index in [-0.39, 0.29) is 12.4 Å². The molecule has 0 spiro atoms. The number of esters is 1. The zero-order valence-corrected chi connectivity index (χ0v) is 15.6. The van der Waals surface area contributed by atoms with Crippen LogP contribution in [0.3, 0.4) is 0 Å². The fourth-order valence-electron chi connectivity index (χ4n) is 2.63. The van der Waals surface area contributed by atoms with Crippen LogP contribution >= 0.6 is 0 Å². The van der Waals surface area contributed by atoms with Gasteiger partial charge >= 0.3 is 21.6 Å². The zero-order chi connectivity index (χ0) is 20.4. The predicted molar refractivity (Wildman–Crippen MR) is 92.7 cm³/mol. The Hall–Kier alpha value is -2.55. The number of hydrogen-bond donors (Lipinski definition) is 0.